The summed E-state index contributed by atoms with van der Waals surface area (Å²) in [5.74, 6) is 0. The molecule has 19 heavy (non-hydrogen) atoms. The fourth-order valence-electron chi connectivity index (χ4n) is 2.43. The summed E-state index contributed by atoms with van der Waals surface area (Å²) < 4.78 is 5.25. The molecule has 106 valence electrons. The van der Waals surface area contributed by atoms with E-state index in [4.69, 9.17) is 4.74 Å². The van der Waals surface area contributed by atoms with Crippen molar-refractivity contribution in [3.8, 4) is 0 Å². The van der Waals surface area contributed by atoms with Gasteiger partial charge in [0.25, 0.3) is 0 Å². The van der Waals surface area contributed by atoms with E-state index in [9.17, 15) is 0 Å². The molecule has 2 saturated heterocycles. The molecule has 0 unspecified atom stereocenters. The Morgan fingerprint density at radius 3 is 2.26 bits per heavy atom. The van der Waals surface area contributed by atoms with Gasteiger partial charge in [-0.2, -0.15) is 0 Å². The van der Waals surface area contributed by atoms with Gasteiger partial charge in [0.1, 0.15) is 0 Å². The van der Waals surface area contributed by atoms with Gasteiger partial charge >= 0.3 is 0 Å². The van der Waals surface area contributed by atoms with Crippen LogP contribution in [0.2, 0.25) is 0 Å². The van der Waals surface area contributed by atoms with Crippen molar-refractivity contribution in [2.24, 2.45) is 0 Å². The van der Waals surface area contributed by atoms with Crippen molar-refractivity contribution in [1.29, 1.82) is 0 Å². The van der Waals surface area contributed by atoms with Crippen LogP contribution < -0.4 is 4.90 Å². The zero-order valence-electron chi connectivity index (χ0n) is 12.3. The molecule has 0 saturated carbocycles. The number of ether oxygens (including phenoxy) is 1. The zero-order chi connectivity index (χ0) is 13.7. The molecule has 1 aromatic rings. The number of nitrogens with zero attached hydrogens (tertiary/aromatic N) is 3. The lowest BCUT2D eigenvalue weighted by atomic mass is 10.1. The predicted octanol–water partition coefficient (Wildman–Crippen LogP) is 1.94. The molecule has 0 aliphatic carbocycles. The number of aromatic nitrogens is 1. The molecule has 0 atom stereocenters. The van der Waals surface area contributed by atoms with Crippen molar-refractivity contribution in [1.82, 2.24) is 9.88 Å². The summed E-state index contributed by atoms with van der Waals surface area (Å²) in [6, 6.07) is 4.93. The van der Waals surface area contributed by atoms with Gasteiger partial charge in [0.2, 0.25) is 0 Å². The second-order valence-electron chi connectivity index (χ2n) is 4.87. The summed E-state index contributed by atoms with van der Waals surface area (Å²) in [6.07, 6.45) is 1.98. The Morgan fingerprint density at radius 1 is 1.11 bits per heavy atom. The Morgan fingerprint density at radius 2 is 1.79 bits per heavy atom. The number of anilines is 1. The van der Waals surface area contributed by atoms with Gasteiger partial charge in [0.05, 0.1) is 31.1 Å². The number of hydrogen-bond acceptors (Lipinski definition) is 4. The van der Waals surface area contributed by atoms with Crippen LogP contribution in [0.25, 0.3) is 0 Å². The largest absolute Gasteiger partial charge is 0.378 e. The first-order chi connectivity index (χ1) is 9.33. The van der Waals surface area contributed by atoms with Crippen molar-refractivity contribution in [3.63, 3.8) is 0 Å². The van der Waals surface area contributed by atoms with Crippen molar-refractivity contribution < 1.29 is 4.74 Å². The maximum atomic E-state index is 5.25. The molecular formula is C15H25N3O. The molecule has 2 fully saturated rings. The number of pyridine rings is 1. The van der Waals surface area contributed by atoms with E-state index in [2.05, 4.69) is 26.9 Å². The Balaban J connectivity index is 0.000000637. The van der Waals surface area contributed by atoms with Crippen LogP contribution >= 0.6 is 0 Å². The first-order valence-corrected chi connectivity index (χ1v) is 7.32. The molecule has 4 heteroatoms. The highest BCUT2D eigenvalue weighted by molar-refractivity contribution is 5.44. The lowest BCUT2D eigenvalue weighted by Crippen LogP contribution is -2.56. The molecule has 3 rings (SSSR count). The Hall–Kier alpha value is -1.13. The summed E-state index contributed by atoms with van der Waals surface area (Å²) in [6.45, 7) is 12.3. The molecule has 0 spiro atoms. The van der Waals surface area contributed by atoms with Crippen LogP contribution in [0.15, 0.2) is 18.3 Å². The average Bonchev–Trinajstić information content (AvgIpc) is 2.41. The summed E-state index contributed by atoms with van der Waals surface area (Å²) >= 11 is 0. The Bertz CT molecular complexity index is 367. The third-order valence-electron chi connectivity index (χ3n) is 3.71. The van der Waals surface area contributed by atoms with Crippen LogP contribution in [0.5, 0.6) is 0 Å². The van der Waals surface area contributed by atoms with E-state index in [0.29, 0.717) is 6.04 Å². The normalized spacial score (nSPS) is 20.5. The predicted molar refractivity (Wildman–Crippen MR) is 78.7 cm³/mol. The molecule has 3 heterocycles. The first-order valence-electron chi connectivity index (χ1n) is 7.32. The molecule has 0 N–H and O–H groups in total. The van der Waals surface area contributed by atoms with E-state index in [-0.39, 0.29) is 0 Å². The van der Waals surface area contributed by atoms with Gasteiger partial charge in [-0.1, -0.05) is 13.8 Å². The van der Waals surface area contributed by atoms with Crippen molar-refractivity contribution in [2.75, 3.05) is 44.3 Å². The molecule has 2 aliphatic rings. The maximum Gasteiger partial charge on any atom is 0.0645 e. The number of hydrogen-bond donors (Lipinski definition) is 0. The van der Waals surface area contributed by atoms with E-state index in [1.54, 1.807) is 0 Å². The Labute approximate surface area is 116 Å². The van der Waals surface area contributed by atoms with E-state index in [0.717, 1.165) is 45.1 Å². The summed E-state index contributed by atoms with van der Waals surface area (Å²) in [7, 11) is 0. The van der Waals surface area contributed by atoms with E-state index < -0.39 is 0 Å². The monoisotopic (exact) mass is 263 g/mol. The van der Waals surface area contributed by atoms with Gasteiger partial charge in [-0.25, -0.2) is 0 Å². The number of piperazine rings is 1. The molecule has 0 bridgehead atoms. The molecule has 2 aliphatic heterocycles. The minimum Gasteiger partial charge on any atom is -0.378 e. The van der Waals surface area contributed by atoms with Crippen LogP contribution in [-0.4, -0.2) is 55.3 Å². The zero-order valence-corrected chi connectivity index (χ0v) is 12.3. The van der Waals surface area contributed by atoms with E-state index >= 15 is 0 Å². The van der Waals surface area contributed by atoms with Crippen LogP contribution in [-0.2, 0) is 4.74 Å². The van der Waals surface area contributed by atoms with Gasteiger partial charge in [0, 0.05) is 31.9 Å². The third-order valence-corrected chi connectivity index (χ3v) is 3.71. The molecule has 0 aromatic carbocycles. The van der Waals surface area contributed by atoms with Gasteiger partial charge in [-0.3, -0.25) is 9.88 Å². The van der Waals surface area contributed by atoms with Crippen LogP contribution in [0.1, 0.15) is 19.5 Å². The highest BCUT2D eigenvalue weighted by atomic mass is 16.5. The maximum absolute atomic E-state index is 5.25. The van der Waals surface area contributed by atoms with E-state index in [1.165, 1.54) is 5.69 Å². The van der Waals surface area contributed by atoms with Crippen molar-refractivity contribution >= 4 is 5.69 Å². The SMILES string of the molecule is CC.Cc1ccc(N2CCN(C3COC3)CC2)cn1. The summed E-state index contributed by atoms with van der Waals surface area (Å²) in [5.41, 5.74) is 2.33. The van der Waals surface area contributed by atoms with Crippen LogP contribution in [0.3, 0.4) is 0 Å². The molecule has 4 nitrogen and oxygen atoms in total. The highest BCUT2D eigenvalue weighted by Gasteiger charge is 2.28. The number of rotatable bonds is 2. The standard InChI is InChI=1S/C13H19N3O.C2H6/c1-11-2-3-12(8-14-11)15-4-6-16(7-5-15)13-9-17-10-13;1-2/h2-3,8,13H,4-7,9-10H2,1H3;1-2H3. The smallest absolute Gasteiger partial charge is 0.0645 e. The molecular weight excluding hydrogens is 238 g/mol. The summed E-state index contributed by atoms with van der Waals surface area (Å²) in [4.78, 5) is 9.32. The Kier molecular flexibility index (Phi) is 5.16. The molecule has 0 radical (unpaired) electrons. The average molecular weight is 263 g/mol. The highest BCUT2D eigenvalue weighted by Crippen LogP contribution is 2.18. The minimum atomic E-state index is 0.674. The van der Waals surface area contributed by atoms with Gasteiger partial charge in [0.15, 0.2) is 0 Å². The van der Waals surface area contributed by atoms with E-state index in [1.807, 2.05) is 27.0 Å². The van der Waals surface area contributed by atoms with Crippen molar-refractivity contribution in [2.45, 2.75) is 26.8 Å². The second-order valence-corrected chi connectivity index (χ2v) is 4.87. The molecule has 0 amide bonds. The second kappa shape index (κ2) is 6.87. The first kappa shape index (κ1) is 14.3. The van der Waals surface area contributed by atoms with Crippen LogP contribution in [0, 0.1) is 6.92 Å². The topological polar surface area (TPSA) is 28.6 Å². The number of aryl methyl sites for hydroxylation is 1. The van der Waals surface area contributed by atoms with Gasteiger partial charge in [-0.05, 0) is 19.1 Å². The lowest BCUT2D eigenvalue weighted by molar-refractivity contribution is -0.0660. The minimum absolute atomic E-state index is 0.674. The van der Waals surface area contributed by atoms with Crippen LogP contribution in [0.4, 0.5) is 5.69 Å². The van der Waals surface area contributed by atoms with Gasteiger partial charge < -0.3 is 9.64 Å². The van der Waals surface area contributed by atoms with Crippen molar-refractivity contribution in [3.05, 3.63) is 24.0 Å². The fraction of sp³-hybridized carbons (Fsp3) is 0.667. The lowest BCUT2D eigenvalue weighted by Gasteiger charge is -2.43. The third kappa shape index (κ3) is 3.45. The van der Waals surface area contributed by atoms with Gasteiger partial charge in [-0.15, -0.1) is 0 Å². The quantitative estimate of drug-likeness (QED) is 0.815. The molecule has 1 aromatic heterocycles. The summed E-state index contributed by atoms with van der Waals surface area (Å²) in [5, 5.41) is 0. The fourth-order valence-corrected chi connectivity index (χ4v) is 2.43.